The number of aliphatic carboxylic acids is 1. The SMILES string of the molecule is Cc1noc(-c2ccc(-c3ccc(N4CCCC(C(=O)[O-])C4)cc3)cc2)c1NC(=O)OCc1ccccc1Cl.[Na+]. The van der Waals surface area contributed by atoms with Crippen LogP contribution in [0, 0.1) is 12.8 Å². The molecule has 4 aromatic rings. The number of halogens is 1. The Morgan fingerprint density at radius 3 is 2.38 bits per heavy atom. The van der Waals surface area contributed by atoms with Crippen LogP contribution >= 0.6 is 11.6 Å². The molecule has 1 fully saturated rings. The molecule has 0 spiro atoms. The van der Waals surface area contributed by atoms with Gasteiger partial charge in [0.05, 0.1) is 0 Å². The van der Waals surface area contributed by atoms with Crippen molar-refractivity contribution < 1.29 is 53.5 Å². The second-order valence-corrected chi connectivity index (χ2v) is 9.90. The molecule has 1 aromatic heterocycles. The van der Waals surface area contributed by atoms with Crippen LogP contribution in [0.25, 0.3) is 22.5 Å². The van der Waals surface area contributed by atoms with E-state index < -0.39 is 18.0 Å². The van der Waals surface area contributed by atoms with E-state index in [9.17, 15) is 14.7 Å². The van der Waals surface area contributed by atoms with Gasteiger partial charge in [0.15, 0.2) is 5.76 Å². The van der Waals surface area contributed by atoms with E-state index in [2.05, 4.69) is 15.4 Å². The molecule has 0 radical (unpaired) electrons. The standard InChI is InChI=1S/C30H28ClN3O5.Na/c1-19-27(32-30(37)38-18-24-5-2-3-7-26(24)31)28(39-33-19)22-10-8-20(9-11-22)21-12-14-25(15-13-21)34-16-4-6-23(17-34)29(35)36;/h2-3,5,7-15,23H,4,6,16-18H2,1H3,(H,32,37)(H,35,36);/q;+1/p-1. The van der Waals surface area contributed by atoms with Crippen molar-refractivity contribution in [1.29, 1.82) is 0 Å². The molecule has 8 nitrogen and oxygen atoms in total. The molecule has 5 rings (SSSR count). The van der Waals surface area contributed by atoms with Crippen LogP contribution in [0.3, 0.4) is 0 Å². The summed E-state index contributed by atoms with van der Waals surface area (Å²) in [6, 6.07) is 23.0. The van der Waals surface area contributed by atoms with Gasteiger partial charge in [0.1, 0.15) is 18.0 Å². The summed E-state index contributed by atoms with van der Waals surface area (Å²) in [5.74, 6) is -0.989. The summed E-state index contributed by atoms with van der Waals surface area (Å²) >= 11 is 6.14. The summed E-state index contributed by atoms with van der Waals surface area (Å²) in [4.78, 5) is 25.9. The molecule has 1 saturated heterocycles. The number of carboxylic acids is 1. The number of anilines is 2. The maximum absolute atomic E-state index is 12.5. The van der Waals surface area contributed by atoms with Gasteiger partial charge in [0, 0.05) is 46.8 Å². The monoisotopic (exact) mass is 567 g/mol. The van der Waals surface area contributed by atoms with Crippen molar-refractivity contribution in [3.63, 3.8) is 0 Å². The van der Waals surface area contributed by atoms with E-state index in [1.54, 1.807) is 19.1 Å². The Labute approximate surface area is 259 Å². The molecule has 10 heteroatoms. The smallest absolute Gasteiger partial charge is 0.550 e. The largest absolute Gasteiger partial charge is 1.00 e. The van der Waals surface area contributed by atoms with Gasteiger partial charge in [0.2, 0.25) is 0 Å². The fourth-order valence-electron chi connectivity index (χ4n) is 4.69. The molecule has 1 aliphatic heterocycles. The van der Waals surface area contributed by atoms with Gasteiger partial charge < -0.3 is 24.1 Å². The first-order valence-corrected chi connectivity index (χ1v) is 13.1. The van der Waals surface area contributed by atoms with E-state index >= 15 is 0 Å². The van der Waals surface area contributed by atoms with Gasteiger partial charge in [-0.05, 0) is 49.1 Å². The van der Waals surface area contributed by atoms with Crippen LogP contribution in [-0.4, -0.2) is 30.3 Å². The molecular weight excluding hydrogens is 541 g/mol. The minimum absolute atomic E-state index is 0. The number of carbonyl (C=O) groups excluding carboxylic acids is 2. The van der Waals surface area contributed by atoms with E-state index in [-0.39, 0.29) is 36.2 Å². The van der Waals surface area contributed by atoms with Crippen LogP contribution in [0.1, 0.15) is 24.1 Å². The Morgan fingerprint density at radius 1 is 1.05 bits per heavy atom. The Morgan fingerprint density at radius 2 is 1.70 bits per heavy atom. The fourth-order valence-corrected chi connectivity index (χ4v) is 4.88. The number of aromatic nitrogens is 1. The van der Waals surface area contributed by atoms with Gasteiger partial charge in [-0.3, -0.25) is 5.32 Å². The number of carboxylic acid groups (broad SMARTS) is 1. The number of ether oxygens (including phenoxy) is 1. The maximum Gasteiger partial charge on any atom is 1.00 e. The topological polar surface area (TPSA) is 108 Å². The quantitative estimate of drug-likeness (QED) is 0.342. The molecule has 0 aliphatic carbocycles. The van der Waals surface area contributed by atoms with Crippen molar-refractivity contribution in [2.45, 2.75) is 26.4 Å². The Bertz CT molecular complexity index is 1470. The molecule has 1 amide bonds. The summed E-state index contributed by atoms with van der Waals surface area (Å²) < 4.78 is 10.9. The molecule has 3 aromatic carbocycles. The van der Waals surface area contributed by atoms with Gasteiger partial charge >= 0.3 is 35.7 Å². The first kappa shape index (κ1) is 29.7. The average molecular weight is 568 g/mol. The van der Waals surface area contributed by atoms with Gasteiger partial charge in [-0.25, -0.2) is 4.79 Å². The summed E-state index contributed by atoms with van der Waals surface area (Å²) in [7, 11) is 0. The third-order valence-electron chi connectivity index (χ3n) is 6.87. The van der Waals surface area contributed by atoms with Crippen LogP contribution < -0.4 is 44.9 Å². The zero-order valence-electron chi connectivity index (χ0n) is 22.4. The molecule has 200 valence electrons. The molecule has 1 unspecified atom stereocenters. The molecular formula is C30H27ClN3NaO5. The Hall–Kier alpha value is -3.30. The Kier molecular flexibility index (Phi) is 9.92. The minimum Gasteiger partial charge on any atom is -0.550 e. The third-order valence-corrected chi connectivity index (χ3v) is 7.24. The predicted molar refractivity (Wildman–Crippen MR) is 147 cm³/mol. The predicted octanol–water partition coefficient (Wildman–Crippen LogP) is 2.69. The van der Waals surface area contributed by atoms with Gasteiger partial charge in [-0.1, -0.05) is 71.4 Å². The van der Waals surface area contributed by atoms with Crippen LogP contribution in [0.15, 0.2) is 77.3 Å². The number of hydrogen-bond acceptors (Lipinski definition) is 7. The molecule has 1 atom stereocenters. The number of nitrogens with zero attached hydrogens (tertiary/aromatic N) is 2. The van der Waals surface area contributed by atoms with Gasteiger partial charge in [-0.2, -0.15) is 0 Å². The van der Waals surface area contributed by atoms with Crippen molar-refractivity contribution in [3.05, 3.63) is 89.1 Å². The molecule has 0 saturated carbocycles. The first-order chi connectivity index (χ1) is 18.9. The van der Waals surface area contributed by atoms with Crippen molar-refractivity contribution >= 4 is 35.0 Å². The van der Waals surface area contributed by atoms with Crippen LogP contribution in [0.2, 0.25) is 5.02 Å². The number of hydrogen-bond donors (Lipinski definition) is 1. The zero-order chi connectivity index (χ0) is 27.4. The number of piperidine rings is 1. The number of amides is 1. The van der Waals surface area contributed by atoms with Crippen LogP contribution in [-0.2, 0) is 16.1 Å². The van der Waals surface area contributed by atoms with E-state index in [1.165, 1.54) is 0 Å². The number of aryl methyl sites for hydroxylation is 1. The summed E-state index contributed by atoms with van der Waals surface area (Å²) in [5.41, 5.74) is 5.44. The van der Waals surface area contributed by atoms with Crippen LogP contribution in [0.5, 0.6) is 0 Å². The van der Waals surface area contributed by atoms with E-state index in [1.807, 2.05) is 60.7 Å². The molecule has 1 N–H and O–H groups in total. The normalized spacial score (nSPS) is 14.8. The number of nitrogens with one attached hydrogen (secondary N) is 1. The van der Waals surface area contributed by atoms with E-state index in [4.69, 9.17) is 20.9 Å². The average Bonchev–Trinajstić information content (AvgIpc) is 3.32. The van der Waals surface area contributed by atoms with Crippen LogP contribution in [0.4, 0.5) is 16.2 Å². The van der Waals surface area contributed by atoms with Crippen molar-refractivity contribution in [2.75, 3.05) is 23.3 Å². The number of benzene rings is 3. The second kappa shape index (κ2) is 13.4. The van der Waals surface area contributed by atoms with Crippen molar-refractivity contribution in [2.24, 2.45) is 5.92 Å². The zero-order valence-corrected chi connectivity index (χ0v) is 25.1. The Balaban J connectivity index is 0.00000370. The molecule has 40 heavy (non-hydrogen) atoms. The van der Waals surface area contributed by atoms with Crippen molar-refractivity contribution in [1.82, 2.24) is 5.16 Å². The number of rotatable bonds is 7. The summed E-state index contributed by atoms with van der Waals surface area (Å²) in [6.45, 7) is 3.08. The minimum atomic E-state index is -0.981. The summed E-state index contributed by atoms with van der Waals surface area (Å²) in [6.07, 6.45) is 0.854. The van der Waals surface area contributed by atoms with Gasteiger partial charge in [0.25, 0.3) is 0 Å². The molecule has 2 heterocycles. The first-order valence-electron chi connectivity index (χ1n) is 12.7. The van der Waals surface area contributed by atoms with E-state index in [0.717, 1.165) is 35.3 Å². The molecule has 0 bridgehead atoms. The van der Waals surface area contributed by atoms with E-state index in [0.29, 0.717) is 40.7 Å². The number of carbonyl (C=O) groups is 2. The van der Waals surface area contributed by atoms with Gasteiger partial charge in [-0.15, -0.1) is 0 Å². The second-order valence-electron chi connectivity index (χ2n) is 9.49. The third kappa shape index (κ3) is 6.88. The maximum atomic E-state index is 12.5. The van der Waals surface area contributed by atoms with Crippen molar-refractivity contribution in [3.8, 4) is 22.5 Å². The fraction of sp³-hybridized carbons (Fsp3) is 0.233. The summed E-state index contributed by atoms with van der Waals surface area (Å²) in [5, 5.41) is 18.6. The molecule has 1 aliphatic rings.